The first-order chi connectivity index (χ1) is 8.95. The van der Waals surface area contributed by atoms with Gasteiger partial charge in [-0.15, -0.1) is 0 Å². The van der Waals surface area contributed by atoms with Gasteiger partial charge in [-0.1, -0.05) is 19.1 Å². The van der Waals surface area contributed by atoms with Crippen molar-refractivity contribution in [1.82, 2.24) is 4.90 Å². The topological polar surface area (TPSA) is 29.3 Å². The molecule has 0 aliphatic rings. The van der Waals surface area contributed by atoms with Gasteiger partial charge in [0.25, 0.3) is 0 Å². The van der Waals surface area contributed by atoms with Gasteiger partial charge >= 0.3 is 0 Å². The first kappa shape index (κ1) is 16.2. The van der Waals surface area contributed by atoms with E-state index >= 15 is 0 Å². The Morgan fingerprint density at radius 1 is 1.11 bits per heavy atom. The van der Waals surface area contributed by atoms with Gasteiger partial charge in [0.05, 0.1) is 0 Å². The molecule has 108 valence electrons. The quantitative estimate of drug-likeness (QED) is 0.818. The third kappa shape index (κ3) is 4.96. The van der Waals surface area contributed by atoms with Crippen LogP contribution in [0.25, 0.3) is 0 Å². The van der Waals surface area contributed by atoms with Gasteiger partial charge in [0.2, 0.25) is 0 Å². The molecule has 0 spiro atoms. The molecule has 0 aliphatic heterocycles. The SMILES string of the molecule is Cc1ccc(CCN(C)CCC(C)CN)c(C)c1C. The molecule has 1 aromatic rings. The Morgan fingerprint density at radius 2 is 1.79 bits per heavy atom. The maximum Gasteiger partial charge on any atom is 0.00189 e. The second-order valence-corrected chi connectivity index (χ2v) is 5.97. The molecular weight excluding hydrogens is 232 g/mol. The molecule has 0 radical (unpaired) electrons. The normalized spacial score (nSPS) is 13.0. The molecule has 0 amide bonds. The summed E-state index contributed by atoms with van der Waals surface area (Å²) in [5.74, 6) is 0.630. The molecule has 0 heterocycles. The van der Waals surface area contributed by atoms with Crippen molar-refractivity contribution in [3.8, 4) is 0 Å². The third-order valence-electron chi connectivity index (χ3n) is 4.34. The van der Waals surface area contributed by atoms with Gasteiger partial charge in [0.1, 0.15) is 0 Å². The lowest BCUT2D eigenvalue weighted by atomic mass is 9.97. The number of benzene rings is 1. The van der Waals surface area contributed by atoms with Crippen molar-refractivity contribution in [3.63, 3.8) is 0 Å². The van der Waals surface area contributed by atoms with E-state index in [9.17, 15) is 0 Å². The highest BCUT2D eigenvalue weighted by molar-refractivity contribution is 5.38. The summed E-state index contributed by atoms with van der Waals surface area (Å²) in [5, 5.41) is 0. The Morgan fingerprint density at radius 3 is 2.42 bits per heavy atom. The monoisotopic (exact) mass is 262 g/mol. The van der Waals surface area contributed by atoms with Gasteiger partial charge in [-0.2, -0.15) is 0 Å². The van der Waals surface area contributed by atoms with Crippen LogP contribution in [0.3, 0.4) is 0 Å². The summed E-state index contributed by atoms with van der Waals surface area (Å²) in [6, 6.07) is 4.53. The van der Waals surface area contributed by atoms with Gasteiger partial charge in [0.15, 0.2) is 0 Å². The Bertz CT molecular complexity index is 398. The van der Waals surface area contributed by atoms with Crippen molar-refractivity contribution in [2.24, 2.45) is 11.7 Å². The second kappa shape index (κ2) is 7.66. The van der Waals surface area contributed by atoms with Crippen molar-refractivity contribution in [3.05, 3.63) is 34.4 Å². The van der Waals surface area contributed by atoms with E-state index in [-0.39, 0.29) is 0 Å². The summed E-state index contributed by atoms with van der Waals surface area (Å²) >= 11 is 0. The van der Waals surface area contributed by atoms with Gasteiger partial charge in [-0.05, 0) is 81.9 Å². The zero-order valence-corrected chi connectivity index (χ0v) is 13.3. The van der Waals surface area contributed by atoms with Crippen LogP contribution in [0.2, 0.25) is 0 Å². The van der Waals surface area contributed by atoms with Crippen molar-refractivity contribution >= 4 is 0 Å². The maximum absolute atomic E-state index is 5.66. The maximum atomic E-state index is 5.66. The molecule has 1 atom stereocenters. The van der Waals surface area contributed by atoms with Gasteiger partial charge in [-0.3, -0.25) is 0 Å². The smallest absolute Gasteiger partial charge is 0.00189 e. The molecule has 0 fully saturated rings. The molecule has 1 aromatic carbocycles. The van der Waals surface area contributed by atoms with Gasteiger partial charge in [0, 0.05) is 6.54 Å². The summed E-state index contributed by atoms with van der Waals surface area (Å²) in [6.07, 6.45) is 2.33. The van der Waals surface area contributed by atoms with Crippen LogP contribution >= 0.6 is 0 Å². The summed E-state index contributed by atoms with van der Waals surface area (Å²) in [7, 11) is 2.21. The van der Waals surface area contributed by atoms with E-state index in [1.165, 1.54) is 28.7 Å². The highest BCUT2D eigenvalue weighted by atomic mass is 15.1. The lowest BCUT2D eigenvalue weighted by Crippen LogP contribution is -2.25. The zero-order valence-electron chi connectivity index (χ0n) is 13.3. The van der Waals surface area contributed by atoms with Crippen LogP contribution in [0.4, 0.5) is 0 Å². The van der Waals surface area contributed by atoms with E-state index in [0.717, 1.165) is 26.1 Å². The Hall–Kier alpha value is -0.860. The van der Waals surface area contributed by atoms with Crippen LogP contribution in [0.15, 0.2) is 12.1 Å². The number of likely N-dealkylation sites (N-methyl/N-ethyl adjacent to an activating group) is 1. The fraction of sp³-hybridized carbons (Fsp3) is 0.647. The molecule has 0 saturated heterocycles. The molecule has 2 nitrogen and oxygen atoms in total. The molecule has 19 heavy (non-hydrogen) atoms. The molecule has 1 unspecified atom stereocenters. The first-order valence-corrected chi connectivity index (χ1v) is 7.40. The summed E-state index contributed by atoms with van der Waals surface area (Å²) in [6.45, 7) is 11.9. The number of nitrogens with zero attached hydrogens (tertiary/aromatic N) is 1. The molecule has 2 heteroatoms. The highest BCUT2D eigenvalue weighted by Gasteiger charge is 2.06. The Kier molecular flexibility index (Phi) is 6.53. The number of hydrogen-bond donors (Lipinski definition) is 1. The Balaban J connectivity index is 2.46. The highest BCUT2D eigenvalue weighted by Crippen LogP contribution is 2.17. The summed E-state index contributed by atoms with van der Waals surface area (Å²) in [4.78, 5) is 2.42. The van der Waals surface area contributed by atoms with E-state index in [1.54, 1.807) is 0 Å². The van der Waals surface area contributed by atoms with Crippen LogP contribution in [-0.2, 0) is 6.42 Å². The minimum atomic E-state index is 0.630. The van der Waals surface area contributed by atoms with Crippen molar-refractivity contribution in [1.29, 1.82) is 0 Å². The molecule has 0 aliphatic carbocycles. The predicted molar refractivity (Wildman–Crippen MR) is 84.7 cm³/mol. The largest absolute Gasteiger partial charge is 0.330 e. The first-order valence-electron chi connectivity index (χ1n) is 7.40. The Labute approximate surface area is 119 Å². The minimum Gasteiger partial charge on any atom is -0.330 e. The van der Waals surface area contributed by atoms with Crippen LogP contribution in [-0.4, -0.2) is 31.6 Å². The van der Waals surface area contributed by atoms with E-state index in [4.69, 9.17) is 5.73 Å². The molecule has 0 aromatic heterocycles. The second-order valence-electron chi connectivity index (χ2n) is 5.97. The van der Waals surface area contributed by atoms with Crippen molar-refractivity contribution < 1.29 is 0 Å². The average molecular weight is 262 g/mol. The van der Waals surface area contributed by atoms with Crippen LogP contribution in [0.1, 0.15) is 35.6 Å². The fourth-order valence-electron chi connectivity index (χ4n) is 2.26. The van der Waals surface area contributed by atoms with E-state index in [0.29, 0.717) is 5.92 Å². The van der Waals surface area contributed by atoms with Crippen LogP contribution in [0, 0.1) is 26.7 Å². The zero-order chi connectivity index (χ0) is 14.4. The molecule has 1 rings (SSSR count). The van der Waals surface area contributed by atoms with Crippen LogP contribution in [0.5, 0.6) is 0 Å². The van der Waals surface area contributed by atoms with Gasteiger partial charge < -0.3 is 10.6 Å². The van der Waals surface area contributed by atoms with Crippen molar-refractivity contribution in [2.45, 2.75) is 40.5 Å². The molecular formula is C17H30N2. The average Bonchev–Trinajstić information content (AvgIpc) is 2.41. The number of hydrogen-bond acceptors (Lipinski definition) is 2. The lowest BCUT2D eigenvalue weighted by Gasteiger charge is -2.19. The third-order valence-corrected chi connectivity index (χ3v) is 4.34. The van der Waals surface area contributed by atoms with Crippen LogP contribution < -0.4 is 5.73 Å². The van der Waals surface area contributed by atoms with E-state index in [2.05, 4.69) is 51.8 Å². The molecule has 0 bridgehead atoms. The number of rotatable bonds is 7. The number of nitrogens with two attached hydrogens (primary N) is 1. The van der Waals surface area contributed by atoms with Gasteiger partial charge in [-0.25, -0.2) is 0 Å². The predicted octanol–water partition coefficient (Wildman–Crippen LogP) is 3.07. The molecule has 2 N–H and O–H groups in total. The van der Waals surface area contributed by atoms with E-state index < -0.39 is 0 Å². The van der Waals surface area contributed by atoms with Crippen molar-refractivity contribution in [2.75, 3.05) is 26.7 Å². The molecule has 0 saturated carbocycles. The number of aryl methyl sites for hydroxylation is 1. The lowest BCUT2D eigenvalue weighted by molar-refractivity contribution is 0.310. The van der Waals surface area contributed by atoms with E-state index in [1.807, 2.05) is 0 Å². The minimum absolute atomic E-state index is 0.630. The summed E-state index contributed by atoms with van der Waals surface area (Å²) in [5.41, 5.74) is 11.4. The fourth-order valence-corrected chi connectivity index (χ4v) is 2.26. The summed E-state index contributed by atoms with van der Waals surface area (Å²) < 4.78 is 0. The standard InChI is InChI=1S/C17H30N2/c1-13(12-18)8-10-19(5)11-9-17-7-6-14(2)15(3)16(17)4/h6-7,13H,8-12,18H2,1-5H3.